The first-order valence-corrected chi connectivity index (χ1v) is 7.10. The topological polar surface area (TPSA) is 113 Å². The molecule has 0 atom stereocenters. The molecule has 0 aliphatic carbocycles. The van der Waals surface area contributed by atoms with Crippen LogP contribution < -0.4 is 11.1 Å². The van der Waals surface area contributed by atoms with Crippen LogP contribution in [0.25, 0.3) is 11.6 Å². The van der Waals surface area contributed by atoms with Crippen molar-refractivity contribution in [2.45, 2.75) is 0 Å². The van der Waals surface area contributed by atoms with Gasteiger partial charge in [-0.15, -0.1) is 0 Å². The zero-order chi connectivity index (χ0) is 16.8. The van der Waals surface area contributed by atoms with Crippen molar-refractivity contribution in [2.24, 2.45) is 0 Å². The third-order valence-electron chi connectivity index (χ3n) is 3.04. The minimum absolute atomic E-state index is 0.0331. The number of hydrogen-bond acceptors (Lipinski definition) is 7. The van der Waals surface area contributed by atoms with Crippen molar-refractivity contribution in [1.82, 2.24) is 19.9 Å². The van der Waals surface area contributed by atoms with Gasteiger partial charge in [0.15, 0.2) is 5.82 Å². The number of nitriles is 1. The minimum atomic E-state index is 0.0331. The summed E-state index contributed by atoms with van der Waals surface area (Å²) in [5, 5.41) is 12.4. The fourth-order valence-electron chi connectivity index (χ4n) is 1.99. The smallest absolute Gasteiger partial charge is 0.232 e. The summed E-state index contributed by atoms with van der Waals surface area (Å²) in [6.45, 7) is 0. The Morgan fingerprint density at radius 3 is 2.62 bits per heavy atom. The molecule has 3 N–H and O–H groups in total. The number of nitrogens with one attached hydrogen (secondary N) is 1. The summed E-state index contributed by atoms with van der Waals surface area (Å²) in [7, 11) is 0. The maximum absolute atomic E-state index is 9.41. The number of aromatic nitrogens is 4. The first kappa shape index (κ1) is 15.1. The molecule has 0 saturated heterocycles. The van der Waals surface area contributed by atoms with E-state index in [-0.39, 0.29) is 23.3 Å². The maximum Gasteiger partial charge on any atom is 0.232 e. The molecule has 24 heavy (non-hydrogen) atoms. The Balaban J connectivity index is 1.96. The van der Waals surface area contributed by atoms with E-state index in [1.165, 1.54) is 0 Å². The van der Waals surface area contributed by atoms with E-state index in [2.05, 4.69) is 31.3 Å². The lowest BCUT2D eigenvalue weighted by Gasteiger charge is -2.06. The molecule has 0 radical (unpaired) electrons. The second-order valence-corrected chi connectivity index (χ2v) is 4.79. The Hall–Kier alpha value is -3.79. The standard InChI is InChI=1S/C17H13N7/c18-10-13(9-12-5-4-8-20-11-12)15-22-16(19)24-17(23-15)21-14-6-2-1-3-7-14/h1-9,11H,(H3,19,21,22,23,24). The normalized spacial score (nSPS) is 10.9. The van der Waals surface area contributed by atoms with E-state index >= 15 is 0 Å². The fourth-order valence-corrected chi connectivity index (χ4v) is 1.99. The van der Waals surface area contributed by atoms with E-state index in [4.69, 9.17) is 5.73 Å². The highest BCUT2D eigenvalue weighted by molar-refractivity contribution is 5.87. The van der Waals surface area contributed by atoms with E-state index in [1.54, 1.807) is 24.5 Å². The molecular formula is C17H13N7. The van der Waals surface area contributed by atoms with Crippen molar-refractivity contribution in [1.29, 1.82) is 5.26 Å². The van der Waals surface area contributed by atoms with Gasteiger partial charge in [-0.2, -0.15) is 20.2 Å². The van der Waals surface area contributed by atoms with Crippen molar-refractivity contribution < 1.29 is 0 Å². The zero-order valence-corrected chi connectivity index (χ0v) is 12.6. The molecule has 3 rings (SSSR count). The summed E-state index contributed by atoms with van der Waals surface area (Å²) in [6, 6.07) is 15.1. The van der Waals surface area contributed by atoms with E-state index in [9.17, 15) is 5.26 Å². The molecule has 2 aromatic heterocycles. The number of rotatable bonds is 4. The third kappa shape index (κ3) is 3.69. The molecular weight excluding hydrogens is 302 g/mol. The molecule has 7 heteroatoms. The van der Waals surface area contributed by atoms with Crippen LogP contribution in [0.5, 0.6) is 0 Å². The molecule has 0 fully saturated rings. The summed E-state index contributed by atoms with van der Waals surface area (Å²) in [5.74, 6) is 0.508. The average Bonchev–Trinajstić information content (AvgIpc) is 2.61. The molecule has 2 heterocycles. The number of para-hydroxylation sites is 1. The van der Waals surface area contributed by atoms with Gasteiger partial charge in [0.05, 0.1) is 5.57 Å². The van der Waals surface area contributed by atoms with Crippen molar-refractivity contribution >= 4 is 29.2 Å². The molecule has 1 aromatic carbocycles. The lowest BCUT2D eigenvalue weighted by Crippen LogP contribution is -2.06. The SMILES string of the molecule is N#CC(=Cc1cccnc1)c1nc(N)nc(Nc2ccccc2)n1. The van der Waals surface area contributed by atoms with E-state index < -0.39 is 0 Å². The molecule has 116 valence electrons. The predicted octanol–water partition coefficient (Wildman–Crippen LogP) is 2.66. The van der Waals surface area contributed by atoms with E-state index in [1.807, 2.05) is 36.4 Å². The van der Waals surface area contributed by atoms with Gasteiger partial charge < -0.3 is 11.1 Å². The van der Waals surface area contributed by atoms with Crippen LogP contribution in [-0.2, 0) is 0 Å². The third-order valence-corrected chi connectivity index (χ3v) is 3.04. The highest BCUT2D eigenvalue weighted by atomic mass is 15.2. The van der Waals surface area contributed by atoms with Gasteiger partial charge >= 0.3 is 0 Å². The molecule has 0 aliphatic heterocycles. The maximum atomic E-state index is 9.41. The number of benzene rings is 1. The lowest BCUT2D eigenvalue weighted by molar-refractivity contribution is 1.04. The van der Waals surface area contributed by atoms with Gasteiger partial charge in [0.25, 0.3) is 0 Å². The summed E-state index contributed by atoms with van der Waals surface area (Å²) in [6.07, 6.45) is 4.95. The summed E-state index contributed by atoms with van der Waals surface area (Å²) >= 11 is 0. The highest BCUT2D eigenvalue weighted by Crippen LogP contribution is 2.18. The summed E-state index contributed by atoms with van der Waals surface area (Å²) in [4.78, 5) is 16.4. The second kappa shape index (κ2) is 6.98. The molecule has 3 aromatic rings. The van der Waals surface area contributed by atoms with Gasteiger partial charge in [0.2, 0.25) is 11.9 Å². The first-order valence-electron chi connectivity index (χ1n) is 7.10. The number of anilines is 3. The van der Waals surface area contributed by atoms with Crippen LogP contribution in [0.15, 0.2) is 54.9 Å². The number of nitrogen functional groups attached to an aromatic ring is 1. The molecule has 0 bridgehead atoms. The Morgan fingerprint density at radius 1 is 1.08 bits per heavy atom. The minimum Gasteiger partial charge on any atom is -0.368 e. The van der Waals surface area contributed by atoms with Gasteiger partial charge in [-0.1, -0.05) is 24.3 Å². The largest absolute Gasteiger partial charge is 0.368 e. The average molecular weight is 315 g/mol. The monoisotopic (exact) mass is 315 g/mol. The summed E-state index contributed by atoms with van der Waals surface area (Å²) in [5.41, 5.74) is 7.60. The van der Waals surface area contributed by atoms with E-state index in [0.29, 0.717) is 0 Å². The van der Waals surface area contributed by atoms with Crippen LogP contribution in [0.4, 0.5) is 17.6 Å². The first-order chi connectivity index (χ1) is 11.7. The van der Waals surface area contributed by atoms with Crippen LogP contribution in [0.3, 0.4) is 0 Å². The predicted molar refractivity (Wildman–Crippen MR) is 91.7 cm³/mol. The summed E-state index contributed by atoms with van der Waals surface area (Å²) < 4.78 is 0. The quantitative estimate of drug-likeness (QED) is 0.711. The number of allylic oxidation sites excluding steroid dienone is 1. The Labute approximate surface area is 138 Å². The van der Waals surface area contributed by atoms with E-state index in [0.717, 1.165) is 11.3 Å². The fraction of sp³-hybridized carbons (Fsp3) is 0. The molecule has 0 amide bonds. The van der Waals surface area contributed by atoms with Crippen molar-refractivity contribution in [3.05, 3.63) is 66.2 Å². The molecule has 7 nitrogen and oxygen atoms in total. The number of nitrogens with two attached hydrogens (primary N) is 1. The van der Waals surface area contributed by atoms with Gasteiger partial charge in [-0.25, -0.2) is 0 Å². The zero-order valence-electron chi connectivity index (χ0n) is 12.6. The molecule has 0 aliphatic rings. The van der Waals surface area contributed by atoms with Crippen LogP contribution >= 0.6 is 0 Å². The number of nitrogens with zero attached hydrogens (tertiary/aromatic N) is 5. The Morgan fingerprint density at radius 2 is 1.92 bits per heavy atom. The van der Waals surface area contributed by atoms with Crippen molar-refractivity contribution in [3.8, 4) is 6.07 Å². The Bertz CT molecular complexity index is 899. The van der Waals surface area contributed by atoms with Gasteiger partial charge in [-0.3, -0.25) is 4.98 Å². The molecule has 0 spiro atoms. The molecule has 0 saturated carbocycles. The molecule has 0 unspecified atom stereocenters. The van der Waals surface area contributed by atoms with Crippen LogP contribution in [0.2, 0.25) is 0 Å². The van der Waals surface area contributed by atoms with Crippen molar-refractivity contribution in [3.63, 3.8) is 0 Å². The van der Waals surface area contributed by atoms with Gasteiger partial charge in [0.1, 0.15) is 6.07 Å². The Kier molecular flexibility index (Phi) is 4.40. The van der Waals surface area contributed by atoms with Crippen LogP contribution in [0, 0.1) is 11.3 Å². The van der Waals surface area contributed by atoms with Gasteiger partial charge in [0, 0.05) is 18.1 Å². The van der Waals surface area contributed by atoms with Crippen molar-refractivity contribution in [2.75, 3.05) is 11.1 Å². The van der Waals surface area contributed by atoms with Crippen LogP contribution in [-0.4, -0.2) is 19.9 Å². The van der Waals surface area contributed by atoms with Gasteiger partial charge in [-0.05, 0) is 29.8 Å². The number of pyridine rings is 1. The lowest BCUT2D eigenvalue weighted by atomic mass is 10.2. The van der Waals surface area contributed by atoms with Crippen LogP contribution in [0.1, 0.15) is 11.4 Å². The number of hydrogen-bond donors (Lipinski definition) is 2. The second-order valence-electron chi connectivity index (χ2n) is 4.79. The highest BCUT2D eigenvalue weighted by Gasteiger charge is 2.10.